The summed E-state index contributed by atoms with van der Waals surface area (Å²) in [5.74, 6) is 0. The number of nitrogens with zero attached hydrogens (tertiary/aromatic N) is 3. The third kappa shape index (κ3) is 2.36. The van der Waals surface area contributed by atoms with Gasteiger partial charge in [0, 0.05) is 19.3 Å². The Bertz CT molecular complexity index is 571. The molecule has 1 aliphatic rings. The Labute approximate surface area is 106 Å². The van der Waals surface area contributed by atoms with Gasteiger partial charge in [0.25, 0.3) is 0 Å². The van der Waals surface area contributed by atoms with Gasteiger partial charge in [-0.1, -0.05) is 0 Å². The highest BCUT2D eigenvalue weighted by molar-refractivity contribution is 7.89. The van der Waals surface area contributed by atoms with Crippen molar-refractivity contribution in [1.82, 2.24) is 9.29 Å². The van der Waals surface area contributed by atoms with Crippen molar-refractivity contribution >= 4 is 10.0 Å². The number of rotatable bonds is 2. The van der Waals surface area contributed by atoms with E-state index in [-0.39, 0.29) is 23.7 Å². The van der Waals surface area contributed by atoms with Crippen LogP contribution in [-0.2, 0) is 10.0 Å². The van der Waals surface area contributed by atoms with E-state index >= 15 is 0 Å². The monoisotopic (exact) mass is 267 g/mol. The molecule has 6 nitrogen and oxygen atoms in total. The van der Waals surface area contributed by atoms with Gasteiger partial charge >= 0.3 is 0 Å². The van der Waals surface area contributed by atoms with Crippen molar-refractivity contribution < 1.29 is 13.5 Å². The van der Waals surface area contributed by atoms with Crippen LogP contribution in [0.25, 0.3) is 0 Å². The van der Waals surface area contributed by atoms with Gasteiger partial charge < -0.3 is 5.11 Å². The van der Waals surface area contributed by atoms with E-state index in [1.165, 1.54) is 22.6 Å². The lowest BCUT2D eigenvalue weighted by Crippen LogP contribution is -2.40. The summed E-state index contributed by atoms with van der Waals surface area (Å²) in [6.07, 6.45) is 1.78. The summed E-state index contributed by atoms with van der Waals surface area (Å²) in [4.78, 5) is 3.69. The summed E-state index contributed by atoms with van der Waals surface area (Å²) < 4.78 is 25.9. The quantitative estimate of drug-likeness (QED) is 0.820. The number of aliphatic hydroxyl groups is 1. The number of hydrogen-bond acceptors (Lipinski definition) is 5. The van der Waals surface area contributed by atoms with Crippen LogP contribution >= 0.6 is 0 Å². The molecule has 0 bridgehead atoms. The molecule has 0 amide bonds. The first-order valence-corrected chi connectivity index (χ1v) is 7.03. The van der Waals surface area contributed by atoms with Crippen LogP contribution in [0.1, 0.15) is 18.5 Å². The standard InChI is InChI=1S/C11H13N3O3S/c12-8-10-11(2-1-5-13-10)18(16,17)14-6-3-9(15)4-7-14/h1-2,5,9,15H,3-4,6-7H2. The van der Waals surface area contributed by atoms with Gasteiger partial charge in [-0.3, -0.25) is 0 Å². The topological polar surface area (TPSA) is 94.3 Å². The molecule has 1 fully saturated rings. The van der Waals surface area contributed by atoms with Crippen molar-refractivity contribution in [1.29, 1.82) is 5.26 Å². The van der Waals surface area contributed by atoms with E-state index in [1.807, 2.05) is 0 Å². The zero-order chi connectivity index (χ0) is 13.2. The third-order valence-corrected chi connectivity index (χ3v) is 4.85. The second-order valence-electron chi connectivity index (χ2n) is 4.10. The first kappa shape index (κ1) is 13.0. The van der Waals surface area contributed by atoms with Crippen molar-refractivity contribution in [3.63, 3.8) is 0 Å². The molecule has 18 heavy (non-hydrogen) atoms. The highest BCUT2D eigenvalue weighted by Gasteiger charge is 2.30. The first-order chi connectivity index (χ1) is 8.55. The minimum absolute atomic E-state index is 0.0658. The Morgan fingerprint density at radius 1 is 1.44 bits per heavy atom. The fraction of sp³-hybridized carbons (Fsp3) is 0.455. The SMILES string of the molecule is N#Cc1ncccc1S(=O)(=O)N1CCC(O)CC1. The molecule has 0 radical (unpaired) electrons. The molecule has 0 aromatic carbocycles. The summed E-state index contributed by atoms with van der Waals surface area (Å²) >= 11 is 0. The molecule has 2 rings (SSSR count). The second-order valence-corrected chi connectivity index (χ2v) is 6.00. The highest BCUT2D eigenvalue weighted by atomic mass is 32.2. The summed E-state index contributed by atoms with van der Waals surface area (Å²) in [6, 6.07) is 4.66. The number of aliphatic hydroxyl groups excluding tert-OH is 1. The zero-order valence-corrected chi connectivity index (χ0v) is 10.5. The van der Waals surface area contributed by atoms with Crippen molar-refractivity contribution in [2.45, 2.75) is 23.8 Å². The Morgan fingerprint density at radius 2 is 2.11 bits per heavy atom. The second kappa shape index (κ2) is 5.02. The smallest absolute Gasteiger partial charge is 0.245 e. The molecular weight excluding hydrogens is 254 g/mol. The minimum atomic E-state index is -3.69. The number of aromatic nitrogens is 1. The molecule has 0 unspecified atom stereocenters. The number of pyridine rings is 1. The largest absolute Gasteiger partial charge is 0.393 e. The lowest BCUT2D eigenvalue weighted by Gasteiger charge is -2.28. The van der Waals surface area contributed by atoms with E-state index in [0.717, 1.165) is 0 Å². The maximum atomic E-state index is 12.3. The van der Waals surface area contributed by atoms with Gasteiger partial charge in [0.15, 0.2) is 5.69 Å². The van der Waals surface area contributed by atoms with Crippen molar-refractivity contribution in [3.05, 3.63) is 24.0 Å². The van der Waals surface area contributed by atoms with E-state index in [4.69, 9.17) is 5.26 Å². The van der Waals surface area contributed by atoms with Crippen molar-refractivity contribution in [3.8, 4) is 6.07 Å². The molecule has 2 heterocycles. The van der Waals surface area contributed by atoms with E-state index in [0.29, 0.717) is 12.8 Å². The Kier molecular flexibility index (Phi) is 3.61. The normalized spacial score (nSPS) is 18.4. The van der Waals surface area contributed by atoms with Gasteiger partial charge in [-0.05, 0) is 25.0 Å². The number of piperidine rings is 1. The maximum absolute atomic E-state index is 12.3. The molecule has 1 aromatic heterocycles. The molecule has 0 saturated carbocycles. The van der Waals surface area contributed by atoms with Crippen molar-refractivity contribution in [2.24, 2.45) is 0 Å². The Hall–Kier alpha value is -1.49. The summed E-state index contributed by atoms with van der Waals surface area (Å²) in [6.45, 7) is 0.534. The summed E-state index contributed by atoms with van der Waals surface area (Å²) in [5, 5.41) is 18.3. The molecule has 1 aliphatic heterocycles. The van der Waals surface area contributed by atoms with Crippen LogP contribution in [0, 0.1) is 11.3 Å². The van der Waals surface area contributed by atoms with Gasteiger partial charge in [-0.15, -0.1) is 0 Å². The number of nitriles is 1. The van der Waals surface area contributed by atoms with Crippen LogP contribution in [-0.4, -0.2) is 42.0 Å². The molecule has 0 aliphatic carbocycles. The van der Waals surface area contributed by atoms with E-state index in [9.17, 15) is 13.5 Å². The van der Waals surface area contributed by atoms with Crippen molar-refractivity contribution in [2.75, 3.05) is 13.1 Å². The molecule has 1 saturated heterocycles. The predicted molar refractivity (Wildman–Crippen MR) is 63.0 cm³/mol. The first-order valence-electron chi connectivity index (χ1n) is 5.59. The van der Waals surface area contributed by atoms with E-state index in [2.05, 4.69) is 4.98 Å². The number of sulfonamides is 1. The highest BCUT2D eigenvalue weighted by Crippen LogP contribution is 2.22. The van der Waals surface area contributed by atoms with Crippen LogP contribution < -0.4 is 0 Å². The average molecular weight is 267 g/mol. The Balaban J connectivity index is 2.34. The molecule has 1 N–H and O–H groups in total. The van der Waals surface area contributed by atoms with Gasteiger partial charge in [0.1, 0.15) is 11.0 Å². The summed E-state index contributed by atoms with van der Waals surface area (Å²) in [7, 11) is -3.69. The lowest BCUT2D eigenvalue weighted by molar-refractivity contribution is 0.113. The fourth-order valence-electron chi connectivity index (χ4n) is 1.90. The van der Waals surface area contributed by atoms with Crippen LogP contribution in [0.15, 0.2) is 23.2 Å². The van der Waals surface area contributed by atoms with Crippen LogP contribution in [0.4, 0.5) is 0 Å². The fourth-order valence-corrected chi connectivity index (χ4v) is 3.47. The number of hydrogen-bond donors (Lipinski definition) is 1. The molecule has 0 atom stereocenters. The predicted octanol–water partition coefficient (Wildman–Crippen LogP) is 0.0987. The average Bonchev–Trinajstić information content (AvgIpc) is 2.39. The third-order valence-electron chi connectivity index (χ3n) is 2.92. The van der Waals surface area contributed by atoms with Crippen LogP contribution in [0.2, 0.25) is 0 Å². The van der Waals surface area contributed by atoms with E-state index < -0.39 is 16.1 Å². The zero-order valence-electron chi connectivity index (χ0n) is 9.65. The summed E-state index contributed by atoms with van der Waals surface area (Å²) in [5.41, 5.74) is -0.0939. The molecule has 0 spiro atoms. The van der Waals surface area contributed by atoms with Crippen LogP contribution in [0.3, 0.4) is 0 Å². The van der Waals surface area contributed by atoms with Gasteiger partial charge in [0.05, 0.1) is 6.10 Å². The molecule has 96 valence electrons. The van der Waals surface area contributed by atoms with Gasteiger partial charge in [-0.25, -0.2) is 13.4 Å². The lowest BCUT2D eigenvalue weighted by atomic mass is 10.1. The molecule has 1 aromatic rings. The van der Waals surface area contributed by atoms with Crippen LogP contribution in [0.5, 0.6) is 0 Å². The maximum Gasteiger partial charge on any atom is 0.245 e. The van der Waals surface area contributed by atoms with Gasteiger partial charge in [-0.2, -0.15) is 9.57 Å². The Morgan fingerprint density at radius 3 is 2.72 bits per heavy atom. The molecular formula is C11H13N3O3S. The molecule has 7 heteroatoms. The van der Waals surface area contributed by atoms with E-state index in [1.54, 1.807) is 6.07 Å². The minimum Gasteiger partial charge on any atom is -0.393 e. The van der Waals surface area contributed by atoms with Gasteiger partial charge in [0.2, 0.25) is 10.0 Å².